The monoisotopic (exact) mass is 430 g/mol. The van der Waals surface area contributed by atoms with Crippen molar-refractivity contribution in [1.82, 2.24) is 0 Å². The van der Waals surface area contributed by atoms with Gasteiger partial charge in [0, 0.05) is 19.3 Å². The number of carbonyl (C=O) groups is 4. The van der Waals surface area contributed by atoms with E-state index in [1.807, 2.05) is 0 Å². The second-order valence-electron chi connectivity index (χ2n) is 7.69. The smallest absolute Gasteiger partial charge is 0.317 e. The van der Waals surface area contributed by atoms with Crippen LogP contribution in [0.4, 0.5) is 0 Å². The number of unbranched alkanes of at least 4 members (excludes halogenated alkanes) is 6. The van der Waals surface area contributed by atoms with Crippen LogP contribution in [-0.2, 0) is 28.7 Å². The highest BCUT2D eigenvalue weighted by atomic mass is 16.6. The fourth-order valence-electron chi connectivity index (χ4n) is 3.54. The molecule has 2 atom stereocenters. The first-order valence-electron chi connectivity index (χ1n) is 11.0. The van der Waals surface area contributed by atoms with Crippen molar-refractivity contribution in [1.29, 1.82) is 0 Å². The van der Waals surface area contributed by atoms with Crippen molar-refractivity contribution in [2.45, 2.75) is 111 Å². The lowest BCUT2D eigenvalue weighted by Gasteiger charge is -2.39. The molecular formula is C22H38O8. The molecule has 0 amide bonds. The molecule has 174 valence electrons. The normalized spacial score (nSPS) is 14.9. The van der Waals surface area contributed by atoms with Gasteiger partial charge in [-0.05, 0) is 26.7 Å². The average Bonchev–Trinajstić information content (AvgIpc) is 2.68. The summed E-state index contributed by atoms with van der Waals surface area (Å²) in [5.74, 6) is -2.92. The van der Waals surface area contributed by atoms with Gasteiger partial charge in [0.1, 0.15) is 17.6 Å². The summed E-state index contributed by atoms with van der Waals surface area (Å²) < 4.78 is 10.7. The Labute approximate surface area is 179 Å². The molecule has 0 aliphatic heterocycles. The Kier molecular flexibility index (Phi) is 13.8. The molecule has 0 aliphatic carbocycles. The molecule has 0 aromatic heterocycles. The van der Waals surface area contributed by atoms with Gasteiger partial charge < -0.3 is 19.7 Å². The molecular weight excluding hydrogens is 392 g/mol. The standard InChI is InChI=1S/C22H38O8/c1-5-19(25)29-16(3)22(21(27)28,17(4)30-20(26)6-2)15-13-11-9-7-8-10-12-14-18(23)24/h16-17H,5-15H2,1-4H3,(H,23,24)(H,27,28). The van der Waals surface area contributed by atoms with E-state index in [1.165, 1.54) is 0 Å². The first-order chi connectivity index (χ1) is 14.1. The van der Waals surface area contributed by atoms with Gasteiger partial charge in [-0.15, -0.1) is 0 Å². The molecule has 0 saturated carbocycles. The van der Waals surface area contributed by atoms with Crippen LogP contribution in [0.5, 0.6) is 0 Å². The lowest BCUT2D eigenvalue weighted by atomic mass is 9.73. The third-order valence-corrected chi connectivity index (χ3v) is 5.52. The van der Waals surface area contributed by atoms with Gasteiger partial charge in [-0.2, -0.15) is 0 Å². The Hall–Kier alpha value is -2.12. The van der Waals surface area contributed by atoms with Crippen LogP contribution in [-0.4, -0.2) is 46.3 Å². The predicted octanol–water partition coefficient (Wildman–Crippen LogP) is 4.34. The van der Waals surface area contributed by atoms with Crippen molar-refractivity contribution >= 4 is 23.9 Å². The number of hydrogen-bond donors (Lipinski definition) is 2. The summed E-state index contributed by atoms with van der Waals surface area (Å²) in [6.07, 6.45) is 4.45. The van der Waals surface area contributed by atoms with Crippen LogP contribution in [0.2, 0.25) is 0 Å². The Morgan fingerprint density at radius 3 is 1.50 bits per heavy atom. The number of carbonyl (C=O) groups excluding carboxylic acids is 2. The van der Waals surface area contributed by atoms with E-state index in [0.29, 0.717) is 12.8 Å². The Balaban J connectivity index is 4.94. The minimum atomic E-state index is -1.52. The third-order valence-electron chi connectivity index (χ3n) is 5.52. The van der Waals surface area contributed by atoms with Crippen molar-refractivity contribution in [3.8, 4) is 0 Å². The SMILES string of the molecule is CCC(=O)OC(C)C(CCCCCCCCCC(=O)O)(C(=O)O)C(C)OC(=O)CC. The van der Waals surface area contributed by atoms with Gasteiger partial charge in [0.05, 0.1) is 0 Å². The van der Waals surface area contributed by atoms with Gasteiger partial charge in [0.25, 0.3) is 0 Å². The molecule has 0 aromatic carbocycles. The molecule has 30 heavy (non-hydrogen) atoms. The Bertz CT molecular complexity index is 533. The zero-order valence-corrected chi connectivity index (χ0v) is 18.8. The number of carboxylic acids is 2. The molecule has 0 spiro atoms. The van der Waals surface area contributed by atoms with E-state index in [0.717, 1.165) is 32.1 Å². The molecule has 8 heteroatoms. The van der Waals surface area contributed by atoms with E-state index in [4.69, 9.17) is 14.6 Å². The van der Waals surface area contributed by atoms with E-state index < -0.39 is 41.5 Å². The van der Waals surface area contributed by atoms with E-state index >= 15 is 0 Å². The minimum absolute atomic E-state index is 0.130. The lowest BCUT2D eigenvalue weighted by molar-refractivity contribution is -0.186. The number of carboxylic acid groups (broad SMARTS) is 2. The fraction of sp³-hybridized carbons (Fsp3) is 0.818. The van der Waals surface area contributed by atoms with Gasteiger partial charge in [-0.25, -0.2) is 0 Å². The van der Waals surface area contributed by atoms with Crippen LogP contribution in [0.15, 0.2) is 0 Å². The number of rotatable bonds is 17. The summed E-state index contributed by atoms with van der Waals surface area (Å²) in [4.78, 5) is 46.4. The largest absolute Gasteiger partial charge is 0.481 e. The van der Waals surface area contributed by atoms with Crippen LogP contribution in [0.3, 0.4) is 0 Å². The van der Waals surface area contributed by atoms with Crippen molar-refractivity contribution in [3.05, 3.63) is 0 Å². The van der Waals surface area contributed by atoms with Gasteiger partial charge >= 0.3 is 23.9 Å². The van der Waals surface area contributed by atoms with Crippen molar-refractivity contribution in [3.63, 3.8) is 0 Å². The third kappa shape index (κ3) is 9.59. The number of ether oxygens (including phenoxy) is 2. The molecule has 0 heterocycles. The summed E-state index contributed by atoms with van der Waals surface area (Å²) in [6.45, 7) is 6.35. The highest BCUT2D eigenvalue weighted by molar-refractivity contribution is 5.78. The highest BCUT2D eigenvalue weighted by Gasteiger charge is 2.52. The van der Waals surface area contributed by atoms with Gasteiger partial charge in [-0.3, -0.25) is 19.2 Å². The number of hydrogen-bond acceptors (Lipinski definition) is 6. The van der Waals surface area contributed by atoms with Crippen LogP contribution in [0.25, 0.3) is 0 Å². The Morgan fingerprint density at radius 2 is 1.13 bits per heavy atom. The van der Waals surface area contributed by atoms with Crippen molar-refractivity contribution in [2.24, 2.45) is 5.41 Å². The maximum atomic E-state index is 12.3. The van der Waals surface area contributed by atoms with E-state index in [1.54, 1.807) is 27.7 Å². The second-order valence-corrected chi connectivity index (χ2v) is 7.69. The van der Waals surface area contributed by atoms with E-state index in [2.05, 4.69) is 0 Å². The van der Waals surface area contributed by atoms with Crippen LogP contribution < -0.4 is 0 Å². The lowest BCUT2D eigenvalue weighted by Crippen LogP contribution is -2.52. The molecule has 2 unspecified atom stereocenters. The summed E-state index contributed by atoms with van der Waals surface area (Å²) in [5, 5.41) is 18.7. The van der Waals surface area contributed by atoms with Gasteiger partial charge in [0.15, 0.2) is 0 Å². The molecule has 0 saturated heterocycles. The zero-order chi connectivity index (χ0) is 23.2. The van der Waals surface area contributed by atoms with Crippen molar-refractivity contribution in [2.75, 3.05) is 0 Å². The highest BCUT2D eigenvalue weighted by Crippen LogP contribution is 2.38. The summed E-state index contributed by atoms with van der Waals surface area (Å²) in [7, 11) is 0. The molecule has 0 aromatic rings. The maximum Gasteiger partial charge on any atom is 0.317 e. The predicted molar refractivity (Wildman–Crippen MR) is 111 cm³/mol. The minimum Gasteiger partial charge on any atom is -0.481 e. The van der Waals surface area contributed by atoms with Gasteiger partial charge in [-0.1, -0.05) is 52.4 Å². The summed E-state index contributed by atoms with van der Waals surface area (Å²) >= 11 is 0. The molecule has 0 rings (SSSR count). The zero-order valence-electron chi connectivity index (χ0n) is 18.8. The Morgan fingerprint density at radius 1 is 0.733 bits per heavy atom. The average molecular weight is 431 g/mol. The van der Waals surface area contributed by atoms with E-state index in [9.17, 15) is 24.3 Å². The molecule has 0 bridgehead atoms. The summed E-state index contributed by atoms with van der Waals surface area (Å²) in [5.41, 5.74) is -1.52. The van der Waals surface area contributed by atoms with Crippen LogP contribution >= 0.6 is 0 Å². The number of aliphatic carboxylic acids is 2. The fourth-order valence-corrected chi connectivity index (χ4v) is 3.54. The molecule has 8 nitrogen and oxygen atoms in total. The first kappa shape index (κ1) is 27.9. The second kappa shape index (κ2) is 14.8. The first-order valence-corrected chi connectivity index (χ1v) is 11.0. The van der Waals surface area contributed by atoms with E-state index in [-0.39, 0.29) is 25.7 Å². The number of esters is 2. The molecule has 0 aliphatic rings. The van der Waals surface area contributed by atoms with Gasteiger partial charge in [0.2, 0.25) is 0 Å². The van der Waals surface area contributed by atoms with Crippen molar-refractivity contribution < 1.29 is 38.9 Å². The van der Waals surface area contributed by atoms with Crippen LogP contribution in [0.1, 0.15) is 98.3 Å². The molecule has 0 radical (unpaired) electrons. The summed E-state index contributed by atoms with van der Waals surface area (Å²) in [6, 6.07) is 0. The quantitative estimate of drug-likeness (QED) is 0.258. The molecule has 0 fully saturated rings. The maximum absolute atomic E-state index is 12.3. The molecule has 2 N–H and O–H groups in total. The van der Waals surface area contributed by atoms with Crippen LogP contribution in [0, 0.1) is 5.41 Å². The topological polar surface area (TPSA) is 127 Å².